The normalized spacial score (nSPS) is 17.5. The van der Waals surface area contributed by atoms with Crippen LogP contribution in [-0.4, -0.2) is 52.8 Å². The molecule has 1 aromatic heterocycles. The van der Waals surface area contributed by atoms with Gasteiger partial charge in [0.2, 0.25) is 11.7 Å². The van der Waals surface area contributed by atoms with Crippen molar-refractivity contribution in [2.24, 2.45) is 0 Å². The predicted octanol–water partition coefficient (Wildman–Crippen LogP) is 3.26. The quantitative estimate of drug-likeness (QED) is 0.288. The second-order valence-corrected chi connectivity index (χ2v) is 8.93. The fourth-order valence-electron chi connectivity index (χ4n) is 4.39. The molecule has 1 saturated carbocycles. The Balaban J connectivity index is 1.32. The molecule has 2 aromatic carbocycles. The number of amides is 1. The summed E-state index contributed by atoms with van der Waals surface area (Å²) in [6.07, 6.45) is 2.69. The van der Waals surface area contributed by atoms with E-state index in [2.05, 4.69) is 20.6 Å². The molecule has 1 aliphatic carbocycles. The van der Waals surface area contributed by atoms with Crippen molar-refractivity contribution in [2.75, 3.05) is 24.3 Å². The average Bonchev–Trinajstić information content (AvgIpc) is 2.84. The molecule has 0 saturated heterocycles. The van der Waals surface area contributed by atoms with Crippen molar-refractivity contribution in [1.82, 2.24) is 15.3 Å². The zero-order valence-corrected chi connectivity index (χ0v) is 19.7. The highest BCUT2D eigenvalue weighted by Crippen LogP contribution is 2.26. The van der Waals surface area contributed by atoms with E-state index in [1.54, 1.807) is 6.07 Å². The number of aromatic nitrogens is 2. The number of fused-ring (bicyclic) bond motifs is 1. The summed E-state index contributed by atoms with van der Waals surface area (Å²) >= 11 is 0. The van der Waals surface area contributed by atoms with E-state index in [0.717, 1.165) is 29.6 Å². The Labute approximate surface area is 202 Å². The minimum Gasteiger partial charge on any atom is -0.362 e. The van der Waals surface area contributed by atoms with Crippen LogP contribution in [0.15, 0.2) is 48.5 Å². The Kier molecular flexibility index (Phi) is 7.19. The third-order valence-electron chi connectivity index (χ3n) is 6.19. The second kappa shape index (κ2) is 10.5. The van der Waals surface area contributed by atoms with Crippen LogP contribution in [-0.2, 0) is 16.0 Å². The minimum absolute atomic E-state index is 0.120. The number of rotatable bonds is 8. The van der Waals surface area contributed by atoms with E-state index >= 15 is 0 Å². The number of para-hydroxylation sites is 2. The number of nitrogens with zero attached hydrogens (tertiary/aromatic N) is 4. The first-order valence-corrected chi connectivity index (χ1v) is 11.6. The Morgan fingerprint density at radius 2 is 1.66 bits per heavy atom. The fraction of sp³-hybridized carbons (Fsp3) is 0.360. The lowest BCUT2D eigenvalue weighted by molar-refractivity contribution is -0.385. The summed E-state index contributed by atoms with van der Waals surface area (Å²) in [6, 6.07) is 13.9. The second-order valence-electron chi connectivity index (χ2n) is 8.93. The number of benzene rings is 2. The Morgan fingerprint density at radius 1 is 1.00 bits per heavy atom. The summed E-state index contributed by atoms with van der Waals surface area (Å²) in [5, 5.41) is 18.3. The lowest BCUT2D eigenvalue weighted by Crippen LogP contribution is -2.43. The molecule has 1 aliphatic rings. The topological polar surface area (TPSA) is 130 Å². The van der Waals surface area contributed by atoms with Crippen molar-refractivity contribution in [1.29, 1.82) is 0 Å². The largest absolute Gasteiger partial charge is 0.362 e. The number of hydrogen-bond donors (Lipinski definition) is 2. The van der Waals surface area contributed by atoms with Crippen LogP contribution in [0.5, 0.6) is 0 Å². The maximum absolute atomic E-state index is 12.4. The molecular formula is C25H28N6O4. The zero-order chi connectivity index (χ0) is 24.9. The van der Waals surface area contributed by atoms with Gasteiger partial charge < -0.3 is 15.5 Å². The molecule has 35 heavy (non-hydrogen) atoms. The molecule has 2 N–H and O–H groups in total. The number of carbonyl (C=O) groups is 2. The number of anilines is 2. The summed E-state index contributed by atoms with van der Waals surface area (Å²) in [5.74, 6) is 0.0316. The monoisotopic (exact) mass is 476 g/mol. The third-order valence-corrected chi connectivity index (χ3v) is 6.19. The van der Waals surface area contributed by atoms with E-state index in [-0.39, 0.29) is 29.8 Å². The van der Waals surface area contributed by atoms with Crippen molar-refractivity contribution >= 4 is 40.0 Å². The molecule has 0 spiro atoms. The number of nitro groups is 1. The number of Topliss-reactive ketones (excluding diaryl/α,β-unsaturated/α-hetero) is 1. The van der Waals surface area contributed by atoms with Crippen LogP contribution in [0.3, 0.4) is 0 Å². The minimum atomic E-state index is -0.701. The highest BCUT2D eigenvalue weighted by Gasteiger charge is 2.26. The van der Waals surface area contributed by atoms with Crippen LogP contribution in [0.2, 0.25) is 0 Å². The Bertz CT molecular complexity index is 1250. The summed E-state index contributed by atoms with van der Waals surface area (Å²) in [6.45, 7) is 0. The first-order chi connectivity index (χ1) is 16.8. The third kappa shape index (κ3) is 5.71. The molecule has 4 rings (SSSR count). The molecule has 3 aromatic rings. The summed E-state index contributed by atoms with van der Waals surface area (Å²) in [7, 11) is 3.90. The highest BCUT2D eigenvalue weighted by molar-refractivity contribution is 6.36. The van der Waals surface area contributed by atoms with Crippen LogP contribution < -0.4 is 15.5 Å². The van der Waals surface area contributed by atoms with Gasteiger partial charge in [0.1, 0.15) is 5.82 Å². The van der Waals surface area contributed by atoms with Crippen LogP contribution >= 0.6 is 0 Å². The summed E-state index contributed by atoms with van der Waals surface area (Å²) in [5.41, 5.74) is 0.943. The van der Waals surface area contributed by atoms with E-state index in [1.165, 1.54) is 18.2 Å². The van der Waals surface area contributed by atoms with Gasteiger partial charge in [-0.1, -0.05) is 30.3 Å². The van der Waals surface area contributed by atoms with Crippen LogP contribution in [0.1, 0.15) is 31.2 Å². The molecule has 0 bridgehead atoms. The Hall–Kier alpha value is -4.08. The summed E-state index contributed by atoms with van der Waals surface area (Å²) in [4.78, 5) is 46.7. The van der Waals surface area contributed by atoms with Crippen LogP contribution in [0.25, 0.3) is 10.9 Å². The van der Waals surface area contributed by atoms with E-state index in [1.807, 2.05) is 43.3 Å². The van der Waals surface area contributed by atoms with E-state index in [9.17, 15) is 19.7 Å². The maximum Gasteiger partial charge on any atom is 0.287 e. The van der Waals surface area contributed by atoms with Gasteiger partial charge in [-0.2, -0.15) is 4.98 Å². The van der Waals surface area contributed by atoms with Crippen molar-refractivity contribution < 1.29 is 14.5 Å². The molecule has 10 nitrogen and oxygen atoms in total. The van der Waals surface area contributed by atoms with Gasteiger partial charge in [0.15, 0.2) is 0 Å². The van der Waals surface area contributed by atoms with Gasteiger partial charge in [-0.3, -0.25) is 19.7 Å². The van der Waals surface area contributed by atoms with E-state index < -0.39 is 16.6 Å². The van der Waals surface area contributed by atoms with Crippen LogP contribution in [0, 0.1) is 10.1 Å². The molecule has 182 valence electrons. The standard InChI is InChI=1S/C25H28N6O4/c1-30(2)23-19-8-4-5-9-20(19)28-25(29-23)27-18-13-11-17(12-14-18)26-24(33)22(32)15-16-7-3-6-10-21(16)31(34)35/h3-10,17-18H,11-15H2,1-2H3,(H,26,33)(H,27,28,29)/t17-,18+. The molecule has 1 heterocycles. The number of carbonyl (C=O) groups excluding carboxylic acids is 2. The zero-order valence-electron chi connectivity index (χ0n) is 19.7. The number of nitrogens with one attached hydrogen (secondary N) is 2. The highest BCUT2D eigenvalue weighted by atomic mass is 16.6. The van der Waals surface area contributed by atoms with Gasteiger partial charge >= 0.3 is 0 Å². The van der Waals surface area contributed by atoms with Gasteiger partial charge in [0, 0.05) is 49.6 Å². The average molecular weight is 477 g/mol. The fourth-order valence-corrected chi connectivity index (χ4v) is 4.39. The Morgan fingerprint density at radius 3 is 2.37 bits per heavy atom. The molecule has 0 aliphatic heterocycles. The molecule has 0 unspecified atom stereocenters. The molecule has 10 heteroatoms. The molecule has 0 atom stereocenters. The van der Waals surface area contributed by atoms with Gasteiger partial charge in [-0.15, -0.1) is 0 Å². The molecule has 1 fully saturated rings. The first kappa shape index (κ1) is 24.1. The van der Waals surface area contributed by atoms with Gasteiger partial charge in [0.25, 0.3) is 11.6 Å². The van der Waals surface area contributed by atoms with E-state index in [0.29, 0.717) is 18.8 Å². The van der Waals surface area contributed by atoms with Crippen molar-refractivity contribution in [3.05, 3.63) is 64.2 Å². The van der Waals surface area contributed by atoms with Crippen molar-refractivity contribution in [2.45, 2.75) is 44.2 Å². The SMILES string of the molecule is CN(C)c1nc(N[C@H]2CC[C@@H](NC(=O)C(=O)Cc3ccccc3[N+](=O)[O-])CC2)nc2ccccc12. The van der Waals surface area contributed by atoms with Gasteiger partial charge in [-0.05, 0) is 37.8 Å². The predicted molar refractivity (Wildman–Crippen MR) is 133 cm³/mol. The van der Waals surface area contributed by atoms with Crippen molar-refractivity contribution in [3.63, 3.8) is 0 Å². The molecule has 0 radical (unpaired) electrons. The number of hydrogen-bond acceptors (Lipinski definition) is 8. The van der Waals surface area contributed by atoms with Crippen molar-refractivity contribution in [3.8, 4) is 0 Å². The maximum atomic E-state index is 12.4. The smallest absolute Gasteiger partial charge is 0.287 e. The van der Waals surface area contributed by atoms with Gasteiger partial charge in [-0.25, -0.2) is 4.98 Å². The lowest BCUT2D eigenvalue weighted by Gasteiger charge is -2.29. The number of ketones is 1. The van der Waals surface area contributed by atoms with Gasteiger partial charge in [0.05, 0.1) is 10.4 Å². The number of nitro benzene ring substituents is 1. The van der Waals surface area contributed by atoms with Crippen LogP contribution in [0.4, 0.5) is 17.5 Å². The lowest BCUT2D eigenvalue weighted by atomic mass is 9.91. The molecule has 1 amide bonds. The first-order valence-electron chi connectivity index (χ1n) is 11.6. The van der Waals surface area contributed by atoms with E-state index in [4.69, 9.17) is 0 Å². The summed E-state index contributed by atoms with van der Waals surface area (Å²) < 4.78 is 0. The molecular weight excluding hydrogens is 448 g/mol.